The van der Waals surface area contributed by atoms with Gasteiger partial charge in [0, 0.05) is 9.79 Å². The maximum atomic E-state index is 10.2. The van der Waals surface area contributed by atoms with E-state index in [1.54, 1.807) is 18.2 Å². The number of benzene rings is 1. The van der Waals surface area contributed by atoms with E-state index < -0.39 is 5.97 Å². The van der Waals surface area contributed by atoms with Gasteiger partial charge < -0.3 is 9.84 Å². The van der Waals surface area contributed by atoms with Gasteiger partial charge in [0.15, 0.2) is 6.61 Å². The minimum atomic E-state index is -1.02. The van der Waals surface area contributed by atoms with Crippen LogP contribution in [0.4, 0.5) is 0 Å². The van der Waals surface area contributed by atoms with Crippen molar-refractivity contribution >= 4 is 31.2 Å². The number of carbonyl (C=O) groups is 1. The fraction of sp³-hybridized carbons (Fsp3) is 0.125. The number of hydrogen-bond donors (Lipinski definition) is 3. The molecule has 0 aliphatic heterocycles. The number of ether oxygens (including phenoxy) is 1. The number of para-hydroxylation sites is 1. The van der Waals surface area contributed by atoms with Crippen molar-refractivity contribution in [2.75, 3.05) is 6.61 Å². The molecule has 1 aromatic carbocycles. The van der Waals surface area contributed by atoms with Crippen LogP contribution in [-0.2, 0) is 4.79 Å². The van der Waals surface area contributed by atoms with Crippen LogP contribution in [0.5, 0.6) is 5.75 Å². The van der Waals surface area contributed by atoms with Gasteiger partial charge in [0.2, 0.25) is 0 Å². The van der Waals surface area contributed by atoms with Crippen LogP contribution < -0.4 is 4.74 Å². The maximum absolute atomic E-state index is 10.2. The molecule has 0 fully saturated rings. The first kappa shape index (κ1) is 10.3. The summed E-state index contributed by atoms with van der Waals surface area (Å²) < 4.78 is 4.98. The highest BCUT2D eigenvalue weighted by molar-refractivity contribution is 7.81. The molecule has 5 heteroatoms. The first-order valence-corrected chi connectivity index (χ1v) is 4.36. The zero-order valence-electron chi connectivity index (χ0n) is 6.60. The summed E-state index contributed by atoms with van der Waals surface area (Å²) in [5.74, 6) is -0.624. The standard InChI is InChI=1S/C8H8O3S2/c9-7(10)4-11-8-5(12)2-1-3-6(8)13/h1-3,12-13H,4H2,(H,9,10). The van der Waals surface area contributed by atoms with E-state index >= 15 is 0 Å². The smallest absolute Gasteiger partial charge is 0.341 e. The highest BCUT2D eigenvalue weighted by Crippen LogP contribution is 2.29. The fourth-order valence-electron chi connectivity index (χ4n) is 0.795. The summed E-state index contributed by atoms with van der Waals surface area (Å²) in [5, 5.41) is 8.38. The molecule has 0 aliphatic carbocycles. The molecule has 0 unspecified atom stereocenters. The molecule has 0 aromatic heterocycles. The Morgan fingerprint density at radius 2 is 1.92 bits per heavy atom. The first-order valence-electron chi connectivity index (χ1n) is 3.47. The third kappa shape index (κ3) is 2.86. The molecule has 0 spiro atoms. The summed E-state index contributed by atoms with van der Waals surface area (Å²) in [4.78, 5) is 11.4. The maximum Gasteiger partial charge on any atom is 0.341 e. The molecule has 1 aromatic rings. The third-order valence-corrected chi connectivity index (χ3v) is 2.02. The number of thiol groups is 2. The van der Waals surface area contributed by atoms with Gasteiger partial charge in [-0.15, -0.1) is 25.3 Å². The molecule has 0 heterocycles. The molecule has 3 nitrogen and oxygen atoms in total. The number of carboxylic acids is 1. The normalized spacial score (nSPS) is 9.69. The Kier molecular flexibility index (Phi) is 3.50. The number of carboxylic acid groups (broad SMARTS) is 1. The Hall–Kier alpha value is -0.810. The summed E-state index contributed by atoms with van der Waals surface area (Å²) in [6.07, 6.45) is 0. The van der Waals surface area contributed by atoms with E-state index in [2.05, 4.69) is 25.3 Å². The lowest BCUT2D eigenvalue weighted by Gasteiger charge is -2.07. The van der Waals surface area contributed by atoms with Crippen molar-refractivity contribution in [1.29, 1.82) is 0 Å². The summed E-state index contributed by atoms with van der Waals surface area (Å²) in [5.41, 5.74) is 0. The summed E-state index contributed by atoms with van der Waals surface area (Å²) in [6, 6.07) is 5.18. The molecular weight excluding hydrogens is 208 g/mol. The Bertz CT molecular complexity index is 305. The Morgan fingerprint density at radius 1 is 1.38 bits per heavy atom. The lowest BCUT2D eigenvalue weighted by Crippen LogP contribution is -2.10. The molecule has 0 saturated carbocycles. The van der Waals surface area contributed by atoms with Crippen LogP contribution in [0.1, 0.15) is 0 Å². The van der Waals surface area contributed by atoms with E-state index in [-0.39, 0.29) is 6.61 Å². The van der Waals surface area contributed by atoms with Crippen molar-refractivity contribution in [3.63, 3.8) is 0 Å². The van der Waals surface area contributed by atoms with Gasteiger partial charge in [0.1, 0.15) is 5.75 Å². The molecule has 0 atom stereocenters. The predicted octanol–water partition coefficient (Wildman–Crippen LogP) is 1.73. The lowest BCUT2D eigenvalue weighted by molar-refractivity contribution is -0.139. The molecule has 0 aliphatic rings. The monoisotopic (exact) mass is 216 g/mol. The van der Waals surface area contributed by atoms with Gasteiger partial charge in [-0.1, -0.05) is 6.07 Å². The summed E-state index contributed by atoms with van der Waals surface area (Å²) in [6.45, 7) is -0.384. The molecule has 0 radical (unpaired) electrons. The van der Waals surface area contributed by atoms with Crippen molar-refractivity contribution in [3.8, 4) is 5.75 Å². The molecule has 0 saturated heterocycles. The fourth-order valence-corrected chi connectivity index (χ4v) is 1.43. The van der Waals surface area contributed by atoms with Crippen LogP contribution in [0.15, 0.2) is 28.0 Å². The summed E-state index contributed by atoms with van der Waals surface area (Å²) >= 11 is 8.21. The van der Waals surface area contributed by atoms with Gasteiger partial charge in [0.25, 0.3) is 0 Å². The molecule has 70 valence electrons. The number of hydrogen-bond acceptors (Lipinski definition) is 4. The Morgan fingerprint density at radius 3 is 2.38 bits per heavy atom. The first-order chi connectivity index (χ1) is 6.11. The summed E-state index contributed by atoms with van der Waals surface area (Å²) in [7, 11) is 0. The van der Waals surface area contributed by atoms with E-state index in [1.165, 1.54) is 0 Å². The third-order valence-electron chi connectivity index (χ3n) is 1.31. The number of rotatable bonds is 3. The van der Waals surface area contributed by atoms with Gasteiger partial charge in [-0.2, -0.15) is 0 Å². The minimum absolute atomic E-state index is 0.384. The zero-order valence-corrected chi connectivity index (χ0v) is 8.39. The van der Waals surface area contributed by atoms with Crippen LogP contribution in [0, 0.1) is 0 Å². The van der Waals surface area contributed by atoms with Crippen LogP contribution in [0.2, 0.25) is 0 Å². The zero-order chi connectivity index (χ0) is 9.84. The topological polar surface area (TPSA) is 46.5 Å². The van der Waals surface area contributed by atoms with Crippen LogP contribution in [-0.4, -0.2) is 17.7 Å². The van der Waals surface area contributed by atoms with E-state index in [9.17, 15) is 4.79 Å². The van der Waals surface area contributed by atoms with E-state index in [0.717, 1.165) is 0 Å². The quantitative estimate of drug-likeness (QED) is 0.674. The van der Waals surface area contributed by atoms with Crippen molar-refractivity contribution in [2.24, 2.45) is 0 Å². The second kappa shape index (κ2) is 4.43. The van der Waals surface area contributed by atoms with Crippen molar-refractivity contribution in [2.45, 2.75) is 9.79 Å². The minimum Gasteiger partial charge on any atom is -0.480 e. The molecular formula is C8H8O3S2. The van der Waals surface area contributed by atoms with E-state index in [1.807, 2.05) is 0 Å². The largest absolute Gasteiger partial charge is 0.480 e. The molecule has 13 heavy (non-hydrogen) atoms. The average molecular weight is 216 g/mol. The van der Waals surface area contributed by atoms with Crippen molar-refractivity contribution in [3.05, 3.63) is 18.2 Å². The SMILES string of the molecule is O=C(O)COc1c(S)cccc1S. The number of aliphatic carboxylic acids is 1. The molecule has 1 rings (SSSR count). The van der Waals surface area contributed by atoms with E-state index in [4.69, 9.17) is 9.84 Å². The molecule has 1 N–H and O–H groups in total. The lowest BCUT2D eigenvalue weighted by atomic mass is 10.3. The molecule has 0 bridgehead atoms. The molecule has 0 amide bonds. The van der Waals surface area contributed by atoms with Crippen LogP contribution in [0.25, 0.3) is 0 Å². The van der Waals surface area contributed by atoms with Gasteiger partial charge in [-0.25, -0.2) is 4.79 Å². The highest BCUT2D eigenvalue weighted by atomic mass is 32.1. The van der Waals surface area contributed by atoms with Crippen LogP contribution >= 0.6 is 25.3 Å². The second-order valence-corrected chi connectivity index (χ2v) is 3.27. The van der Waals surface area contributed by atoms with Crippen molar-refractivity contribution in [1.82, 2.24) is 0 Å². The Labute approximate surface area is 86.5 Å². The van der Waals surface area contributed by atoms with Crippen molar-refractivity contribution < 1.29 is 14.6 Å². The van der Waals surface area contributed by atoms with Gasteiger partial charge >= 0.3 is 5.97 Å². The van der Waals surface area contributed by atoms with Gasteiger partial charge in [0.05, 0.1) is 0 Å². The predicted molar refractivity (Wildman–Crippen MR) is 54.1 cm³/mol. The van der Waals surface area contributed by atoms with Gasteiger partial charge in [-0.3, -0.25) is 0 Å². The van der Waals surface area contributed by atoms with Crippen LogP contribution in [0.3, 0.4) is 0 Å². The van der Waals surface area contributed by atoms with Gasteiger partial charge in [-0.05, 0) is 12.1 Å². The van der Waals surface area contributed by atoms with E-state index in [0.29, 0.717) is 15.5 Å². The Balaban J connectivity index is 2.81. The average Bonchev–Trinajstić information content (AvgIpc) is 2.03. The highest BCUT2D eigenvalue weighted by Gasteiger charge is 2.06. The second-order valence-electron chi connectivity index (χ2n) is 2.31.